The fraction of sp³-hybridized carbons (Fsp3) is 0.429. The second kappa shape index (κ2) is 5.62. The van der Waals surface area contributed by atoms with Gasteiger partial charge in [-0.25, -0.2) is 0 Å². The minimum absolute atomic E-state index is 0.409. The molecule has 0 atom stereocenters. The van der Waals surface area contributed by atoms with Crippen LogP contribution in [0.1, 0.15) is 23.6 Å². The van der Waals surface area contributed by atoms with E-state index in [1.807, 2.05) is 0 Å². The fourth-order valence-corrected chi connectivity index (χ4v) is 1.78. The number of carbonyl (C=O) groups excluding carboxylic acids is 2. The van der Waals surface area contributed by atoms with E-state index in [0.29, 0.717) is 6.54 Å². The molecule has 92 valence electrons. The number of aryl methyl sites for hydroxylation is 2. The van der Waals surface area contributed by atoms with E-state index in [1.165, 1.54) is 28.5 Å². The predicted molar refractivity (Wildman–Crippen MR) is 67.9 cm³/mol. The van der Waals surface area contributed by atoms with Gasteiger partial charge in [-0.1, -0.05) is 23.8 Å². The average Bonchev–Trinajstić information content (AvgIpc) is 2.26. The Morgan fingerprint density at radius 3 is 2.41 bits per heavy atom. The zero-order valence-corrected chi connectivity index (χ0v) is 10.9. The van der Waals surface area contributed by atoms with Crippen LogP contribution in [0.4, 0.5) is 0 Å². The van der Waals surface area contributed by atoms with Crippen molar-refractivity contribution in [2.24, 2.45) is 0 Å². The molecule has 0 fully saturated rings. The maximum atomic E-state index is 11.4. The number of hydrogen-bond donors (Lipinski definition) is 0. The number of rotatable bonds is 4. The van der Waals surface area contributed by atoms with Gasteiger partial charge in [-0.3, -0.25) is 9.59 Å². The summed E-state index contributed by atoms with van der Waals surface area (Å²) in [6.07, 6.45) is 0.779. The normalized spacial score (nSPS) is 10.1. The first kappa shape index (κ1) is 13.4. The molecule has 0 saturated carbocycles. The number of likely N-dealkylation sites (N-methyl/N-ethyl adjacent to an activating group) is 1. The molecule has 0 radical (unpaired) electrons. The van der Waals surface area contributed by atoms with Gasteiger partial charge >= 0.3 is 0 Å². The summed E-state index contributed by atoms with van der Waals surface area (Å²) >= 11 is 0. The van der Waals surface area contributed by atoms with E-state index in [-0.39, 0.29) is 0 Å². The zero-order chi connectivity index (χ0) is 13.0. The number of hydrogen-bond acceptors (Lipinski definition) is 2. The molecule has 1 aromatic carbocycles. The van der Waals surface area contributed by atoms with Crippen LogP contribution < -0.4 is 0 Å². The third-order valence-corrected chi connectivity index (χ3v) is 2.86. The van der Waals surface area contributed by atoms with Crippen LogP contribution in [0.15, 0.2) is 18.2 Å². The lowest BCUT2D eigenvalue weighted by Crippen LogP contribution is -2.33. The SMILES string of the molecule is CC(=O)C(=O)N(C)CCc1ccc(C)cc1C. The van der Waals surface area contributed by atoms with Crippen molar-refractivity contribution >= 4 is 11.7 Å². The van der Waals surface area contributed by atoms with Crippen molar-refractivity contribution in [3.05, 3.63) is 34.9 Å². The van der Waals surface area contributed by atoms with Crippen molar-refractivity contribution in [2.75, 3.05) is 13.6 Å². The second-order valence-electron chi connectivity index (χ2n) is 4.46. The smallest absolute Gasteiger partial charge is 0.289 e. The lowest BCUT2D eigenvalue weighted by Gasteiger charge is -2.16. The molecule has 0 bridgehead atoms. The Labute approximate surface area is 102 Å². The first-order valence-corrected chi connectivity index (χ1v) is 5.74. The Balaban J connectivity index is 2.62. The van der Waals surface area contributed by atoms with Crippen LogP contribution in [0.3, 0.4) is 0 Å². The molecule has 1 aromatic rings. The van der Waals surface area contributed by atoms with Gasteiger partial charge in [0.1, 0.15) is 0 Å². The summed E-state index contributed by atoms with van der Waals surface area (Å²) in [5.74, 6) is -0.831. The Kier molecular flexibility index (Phi) is 4.44. The molecule has 0 aliphatic heterocycles. The van der Waals surface area contributed by atoms with E-state index < -0.39 is 11.7 Å². The van der Waals surface area contributed by atoms with Gasteiger partial charge in [-0.2, -0.15) is 0 Å². The van der Waals surface area contributed by atoms with Gasteiger partial charge in [0.2, 0.25) is 5.78 Å². The maximum absolute atomic E-state index is 11.4. The molecule has 1 rings (SSSR count). The topological polar surface area (TPSA) is 37.4 Å². The summed E-state index contributed by atoms with van der Waals surface area (Å²) in [4.78, 5) is 23.8. The summed E-state index contributed by atoms with van der Waals surface area (Å²) in [7, 11) is 1.66. The van der Waals surface area contributed by atoms with E-state index in [4.69, 9.17) is 0 Å². The summed E-state index contributed by atoms with van der Waals surface area (Å²) < 4.78 is 0. The monoisotopic (exact) mass is 233 g/mol. The number of ketones is 1. The average molecular weight is 233 g/mol. The molecular formula is C14H19NO2. The summed E-state index contributed by atoms with van der Waals surface area (Å²) in [6, 6.07) is 6.27. The van der Waals surface area contributed by atoms with Crippen molar-refractivity contribution in [1.82, 2.24) is 4.90 Å². The molecule has 0 spiro atoms. The van der Waals surface area contributed by atoms with Crippen LogP contribution in [0.5, 0.6) is 0 Å². The van der Waals surface area contributed by atoms with Gasteiger partial charge in [0.05, 0.1) is 0 Å². The molecule has 0 heterocycles. The van der Waals surface area contributed by atoms with E-state index in [1.54, 1.807) is 7.05 Å². The lowest BCUT2D eigenvalue weighted by atomic mass is 10.0. The molecule has 0 aliphatic rings. The fourth-order valence-electron chi connectivity index (χ4n) is 1.78. The Bertz CT molecular complexity index is 438. The number of carbonyl (C=O) groups is 2. The third kappa shape index (κ3) is 3.70. The van der Waals surface area contributed by atoms with Crippen LogP contribution in [0.25, 0.3) is 0 Å². The van der Waals surface area contributed by atoms with Crippen molar-refractivity contribution in [3.63, 3.8) is 0 Å². The standard InChI is InChI=1S/C14H19NO2/c1-10-5-6-13(11(2)9-10)7-8-15(4)14(17)12(3)16/h5-6,9H,7-8H2,1-4H3. The van der Waals surface area contributed by atoms with Gasteiger partial charge < -0.3 is 4.90 Å². The number of benzene rings is 1. The van der Waals surface area contributed by atoms with Gasteiger partial charge in [0.25, 0.3) is 5.91 Å². The molecular weight excluding hydrogens is 214 g/mol. The third-order valence-electron chi connectivity index (χ3n) is 2.86. The van der Waals surface area contributed by atoms with Crippen molar-refractivity contribution < 1.29 is 9.59 Å². The molecule has 0 aromatic heterocycles. The number of Topliss-reactive ketones (excluding diaryl/α,β-unsaturated/α-hetero) is 1. The molecule has 17 heavy (non-hydrogen) atoms. The second-order valence-corrected chi connectivity index (χ2v) is 4.46. The first-order chi connectivity index (χ1) is 7.91. The summed E-state index contributed by atoms with van der Waals surface area (Å²) in [5, 5.41) is 0. The Morgan fingerprint density at radius 2 is 1.88 bits per heavy atom. The number of amides is 1. The molecule has 3 nitrogen and oxygen atoms in total. The van der Waals surface area contributed by atoms with Gasteiger partial charge in [0, 0.05) is 20.5 Å². The van der Waals surface area contributed by atoms with Crippen LogP contribution in [0, 0.1) is 13.8 Å². The summed E-state index contributed by atoms with van der Waals surface area (Å²) in [6.45, 7) is 6.00. The van der Waals surface area contributed by atoms with Crippen LogP contribution in [0.2, 0.25) is 0 Å². The van der Waals surface area contributed by atoms with E-state index >= 15 is 0 Å². The highest BCUT2D eigenvalue weighted by Gasteiger charge is 2.13. The molecule has 3 heteroatoms. The molecule has 0 N–H and O–H groups in total. The Hall–Kier alpha value is -1.64. The van der Waals surface area contributed by atoms with Crippen LogP contribution >= 0.6 is 0 Å². The van der Waals surface area contributed by atoms with Crippen molar-refractivity contribution in [2.45, 2.75) is 27.2 Å². The molecule has 0 saturated heterocycles. The number of nitrogens with zero attached hydrogens (tertiary/aromatic N) is 1. The summed E-state index contributed by atoms with van der Waals surface area (Å²) in [5.41, 5.74) is 3.69. The highest BCUT2D eigenvalue weighted by molar-refractivity contribution is 6.34. The van der Waals surface area contributed by atoms with E-state index in [2.05, 4.69) is 32.0 Å². The zero-order valence-electron chi connectivity index (χ0n) is 10.9. The highest BCUT2D eigenvalue weighted by atomic mass is 16.2. The van der Waals surface area contributed by atoms with E-state index in [9.17, 15) is 9.59 Å². The van der Waals surface area contributed by atoms with Crippen LogP contribution in [-0.2, 0) is 16.0 Å². The molecule has 0 unspecified atom stereocenters. The largest absolute Gasteiger partial charge is 0.339 e. The van der Waals surface area contributed by atoms with Gasteiger partial charge in [0.15, 0.2) is 0 Å². The minimum atomic E-state index is -0.422. The maximum Gasteiger partial charge on any atom is 0.289 e. The highest BCUT2D eigenvalue weighted by Crippen LogP contribution is 2.11. The quantitative estimate of drug-likeness (QED) is 0.745. The van der Waals surface area contributed by atoms with E-state index in [0.717, 1.165) is 6.42 Å². The van der Waals surface area contributed by atoms with Crippen molar-refractivity contribution in [3.8, 4) is 0 Å². The lowest BCUT2D eigenvalue weighted by molar-refractivity contribution is -0.142. The van der Waals surface area contributed by atoms with Crippen molar-refractivity contribution in [1.29, 1.82) is 0 Å². The first-order valence-electron chi connectivity index (χ1n) is 5.74. The van der Waals surface area contributed by atoms with Crippen LogP contribution in [-0.4, -0.2) is 30.2 Å². The van der Waals surface area contributed by atoms with Gasteiger partial charge in [-0.15, -0.1) is 0 Å². The Morgan fingerprint density at radius 1 is 1.24 bits per heavy atom. The molecule has 0 aliphatic carbocycles. The predicted octanol–water partition coefficient (Wildman–Crippen LogP) is 1.89. The molecule has 1 amide bonds. The minimum Gasteiger partial charge on any atom is -0.339 e. The van der Waals surface area contributed by atoms with Gasteiger partial charge in [-0.05, 0) is 31.4 Å².